The van der Waals surface area contributed by atoms with E-state index in [1.165, 1.54) is 23.1 Å². The van der Waals surface area contributed by atoms with E-state index in [0.717, 1.165) is 41.0 Å². The Labute approximate surface area is 158 Å². The van der Waals surface area contributed by atoms with Crippen molar-refractivity contribution in [1.82, 2.24) is 5.32 Å². The summed E-state index contributed by atoms with van der Waals surface area (Å²) in [7, 11) is 1.24. The highest BCUT2D eigenvalue weighted by atomic mass is 28.1. The second-order valence-electron chi connectivity index (χ2n) is 7.74. The van der Waals surface area contributed by atoms with Gasteiger partial charge in [-0.3, -0.25) is 4.99 Å². The first-order chi connectivity index (χ1) is 12.4. The molecule has 1 aliphatic heterocycles. The number of benzene rings is 1. The van der Waals surface area contributed by atoms with Crippen LogP contribution in [-0.2, 0) is 4.74 Å². The van der Waals surface area contributed by atoms with E-state index in [1.807, 2.05) is 31.2 Å². The minimum absolute atomic E-state index is 0.0544. The molecule has 2 aliphatic rings. The van der Waals surface area contributed by atoms with Crippen LogP contribution < -0.4 is 10.1 Å². The number of amides is 1. The van der Waals surface area contributed by atoms with Gasteiger partial charge in [0.15, 0.2) is 0 Å². The standard InChI is InChI=1S/C20H28N2O3Si/c1-13(17-12-22-19(23)24-17)18(21-3)14-6-8-15(9-7-14)25-20(2)10-4-5-16(26)11-20/h6-9,16-17H,3-5,10-12H2,1-2,26H3,(H,22,23)/b18-13+/t16?,17?,20-/m1/s1. The van der Waals surface area contributed by atoms with E-state index in [9.17, 15) is 4.79 Å². The third-order valence-electron chi connectivity index (χ3n) is 5.37. The van der Waals surface area contributed by atoms with E-state index in [-0.39, 0.29) is 17.8 Å². The fourth-order valence-corrected chi connectivity index (χ4v) is 5.32. The van der Waals surface area contributed by atoms with Crippen molar-refractivity contribution >= 4 is 28.8 Å². The SMILES string of the molecule is C=N/C(=C(\C)C1CNC(=O)O1)c1ccc(O[C@]2(C)CCCC([SiH3])C2)cc1. The highest BCUT2D eigenvalue weighted by Gasteiger charge is 2.32. The number of aliphatic imine (C=N–C) groups is 1. The number of nitrogens with one attached hydrogen (secondary N) is 1. The summed E-state index contributed by atoms with van der Waals surface area (Å²) in [4.78, 5) is 15.4. The molecule has 140 valence electrons. The van der Waals surface area contributed by atoms with Crippen LogP contribution in [0.1, 0.15) is 45.1 Å². The summed E-state index contributed by atoms with van der Waals surface area (Å²) in [6, 6.07) is 7.98. The second kappa shape index (κ2) is 7.66. The molecule has 0 aromatic heterocycles. The molecular formula is C20H28N2O3Si. The fraction of sp³-hybridized carbons (Fsp3) is 0.500. The molecule has 6 heteroatoms. The average molecular weight is 373 g/mol. The molecule has 26 heavy (non-hydrogen) atoms. The lowest BCUT2D eigenvalue weighted by Gasteiger charge is -2.37. The number of hydrogen-bond donors (Lipinski definition) is 1. The first kappa shape index (κ1) is 18.7. The van der Waals surface area contributed by atoms with E-state index < -0.39 is 0 Å². The van der Waals surface area contributed by atoms with Gasteiger partial charge in [0.25, 0.3) is 0 Å². The van der Waals surface area contributed by atoms with E-state index in [0.29, 0.717) is 6.54 Å². The minimum atomic E-state index is -0.389. The molecule has 1 saturated carbocycles. The molecule has 0 bridgehead atoms. The number of nitrogens with zero attached hydrogens (tertiary/aromatic N) is 1. The number of rotatable bonds is 5. The molecule has 1 amide bonds. The lowest BCUT2D eigenvalue weighted by Crippen LogP contribution is -2.36. The van der Waals surface area contributed by atoms with Gasteiger partial charge in [-0.05, 0) is 69.7 Å². The van der Waals surface area contributed by atoms with Gasteiger partial charge < -0.3 is 14.8 Å². The van der Waals surface area contributed by atoms with Crippen LogP contribution in [0.4, 0.5) is 4.79 Å². The molecule has 3 atom stereocenters. The monoisotopic (exact) mass is 372 g/mol. The molecule has 1 N–H and O–H groups in total. The molecule has 5 nitrogen and oxygen atoms in total. The third-order valence-corrected chi connectivity index (χ3v) is 6.36. The van der Waals surface area contributed by atoms with Gasteiger partial charge in [-0.15, -0.1) is 0 Å². The largest absolute Gasteiger partial charge is 0.488 e. The normalized spacial score (nSPS) is 29.5. The predicted octanol–water partition coefficient (Wildman–Crippen LogP) is 3.09. The number of ether oxygens (including phenoxy) is 2. The molecule has 3 rings (SSSR count). The van der Waals surface area contributed by atoms with Crippen LogP contribution in [0.5, 0.6) is 5.75 Å². The summed E-state index contributed by atoms with van der Waals surface area (Å²) in [6.45, 7) is 8.30. The Morgan fingerprint density at radius 1 is 1.42 bits per heavy atom. The molecule has 0 spiro atoms. The third kappa shape index (κ3) is 4.18. The quantitative estimate of drug-likeness (QED) is 0.638. The maximum absolute atomic E-state index is 11.3. The zero-order chi connectivity index (χ0) is 18.7. The van der Waals surface area contributed by atoms with E-state index in [2.05, 4.69) is 24.0 Å². The topological polar surface area (TPSA) is 59.9 Å². The van der Waals surface area contributed by atoms with Crippen LogP contribution in [0.3, 0.4) is 0 Å². The van der Waals surface area contributed by atoms with E-state index >= 15 is 0 Å². The first-order valence-corrected chi connectivity index (χ1v) is 10.5. The average Bonchev–Trinajstić information content (AvgIpc) is 3.03. The van der Waals surface area contributed by atoms with Crippen LogP contribution in [0.15, 0.2) is 34.8 Å². The minimum Gasteiger partial charge on any atom is -0.488 e. The van der Waals surface area contributed by atoms with Crippen LogP contribution >= 0.6 is 0 Å². The zero-order valence-electron chi connectivity index (χ0n) is 15.9. The van der Waals surface area contributed by atoms with Gasteiger partial charge in [-0.2, -0.15) is 0 Å². The Bertz CT molecular complexity index is 716. The number of hydrogen-bond acceptors (Lipinski definition) is 4. The molecular weight excluding hydrogens is 344 g/mol. The summed E-state index contributed by atoms with van der Waals surface area (Å²) in [6.07, 6.45) is 4.18. The Hall–Kier alpha value is -2.08. The van der Waals surface area contributed by atoms with Crippen molar-refractivity contribution in [2.75, 3.05) is 6.54 Å². The van der Waals surface area contributed by atoms with Crippen molar-refractivity contribution in [1.29, 1.82) is 0 Å². The second-order valence-corrected chi connectivity index (χ2v) is 9.38. The molecule has 2 fully saturated rings. The molecule has 2 unspecified atom stereocenters. The van der Waals surface area contributed by atoms with Crippen molar-refractivity contribution in [2.45, 2.75) is 56.8 Å². The maximum Gasteiger partial charge on any atom is 0.407 e. The lowest BCUT2D eigenvalue weighted by atomic mass is 9.85. The highest BCUT2D eigenvalue weighted by Crippen LogP contribution is 2.37. The Morgan fingerprint density at radius 2 is 2.15 bits per heavy atom. The van der Waals surface area contributed by atoms with Gasteiger partial charge in [0.05, 0.1) is 12.2 Å². The van der Waals surface area contributed by atoms with Gasteiger partial charge >= 0.3 is 6.09 Å². The summed E-state index contributed by atoms with van der Waals surface area (Å²) in [5.74, 6) is 0.891. The van der Waals surface area contributed by atoms with Crippen molar-refractivity contribution in [2.24, 2.45) is 4.99 Å². The number of carbonyl (C=O) groups excluding carboxylic acids is 1. The lowest BCUT2D eigenvalue weighted by molar-refractivity contribution is 0.0492. The zero-order valence-corrected chi connectivity index (χ0v) is 17.9. The number of alkyl carbamates (subject to hydrolysis) is 1. The number of cyclic esters (lactones) is 1. The van der Waals surface area contributed by atoms with Crippen molar-refractivity contribution in [3.05, 3.63) is 35.4 Å². The molecule has 0 radical (unpaired) electrons. The molecule has 1 aliphatic carbocycles. The number of carbonyl (C=O) groups is 1. The fourth-order valence-electron chi connectivity index (χ4n) is 4.05. The summed E-state index contributed by atoms with van der Waals surface area (Å²) in [5.41, 5.74) is 3.38. The predicted molar refractivity (Wildman–Crippen MR) is 108 cm³/mol. The van der Waals surface area contributed by atoms with Crippen molar-refractivity contribution < 1.29 is 14.3 Å². The Kier molecular flexibility index (Phi) is 5.51. The van der Waals surface area contributed by atoms with E-state index in [1.54, 1.807) is 0 Å². The van der Waals surface area contributed by atoms with E-state index in [4.69, 9.17) is 9.47 Å². The maximum atomic E-state index is 11.3. The smallest absolute Gasteiger partial charge is 0.407 e. The van der Waals surface area contributed by atoms with Crippen molar-refractivity contribution in [3.8, 4) is 5.75 Å². The van der Waals surface area contributed by atoms with Crippen LogP contribution in [0.25, 0.3) is 5.70 Å². The van der Waals surface area contributed by atoms with Gasteiger partial charge in [-0.1, -0.05) is 12.0 Å². The van der Waals surface area contributed by atoms with Crippen LogP contribution in [-0.4, -0.2) is 41.3 Å². The van der Waals surface area contributed by atoms with Gasteiger partial charge in [0, 0.05) is 15.8 Å². The molecule has 1 saturated heterocycles. The summed E-state index contributed by atoms with van der Waals surface area (Å²) < 4.78 is 11.6. The van der Waals surface area contributed by atoms with Gasteiger partial charge in [0.1, 0.15) is 17.5 Å². The van der Waals surface area contributed by atoms with Gasteiger partial charge in [-0.25, -0.2) is 4.79 Å². The molecule has 1 aromatic carbocycles. The molecule has 1 aromatic rings. The highest BCUT2D eigenvalue weighted by molar-refractivity contribution is 6.11. The van der Waals surface area contributed by atoms with Crippen LogP contribution in [0, 0.1) is 0 Å². The Balaban J connectivity index is 1.75. The Morgan fingerprint density at radius 3 is 2.73 bits per heavy atom. The van der Waals surface area contributed by atoms with Gasteiger partial charge in [0.2, 0.25) is 0 Å². The van der Waals surface area contributed by atoms with Crippen molar-refractivity contribution in [3.63, 3.8) is 0 Å². The summed E-state index contributed by atoms with van der Waals surface area (Å²) in [5, 5.41) is 2.67. The first-order valence-electron chi connectivity index (χ1n) is 9.31. The van der Waals surface area contributed by atoms with Crippen LogP contribution in [0.2, 0.25) is 5.54 Å². The molecule has 1 heterocycles. The summed E-state index contributed by atoms with van der Waals surface area (Å²) >= 11 is 0.